The minimum atomic E-state index is -4.07. The predicted molar refractivity (Wildman–Crippen MR) is 74.3 cm³/mol. The van der Waals surface area contributed by atoms with Gasteiger partial charge in [-0.2, -0.15) is 0 Å². The summed E-state index contributed by atoms with van der Waals surface area (Å²) in [5.74, 6) is -2.55. The van der Waals surface area contributed by atoms with E-state index in [0.717, 1.165) is 17.7 Å². The zero-order valence-electron chi connectivity index (χ0n) is 11.1. The van der Waals surface area contributed by atoms with Crippen LogP contribution in [0, 0.1) is 18.6 Å². The molecule has 2 N–H and O–H groups in total. The van der Waals surface area contributed by atoms with Gasteiger partial charge in [-0.1, -0.05) is 23.8 Å². The van der Waals surface area contributed by atoms with Gasteiger partial charge in [-0.3, -0.25) is 4.72 Å². The Labute approximate surface area is 121 Å². The number of rotatable bonds is 4. The van der Waals surface area contributed by atoms with Crippen LogP contribution in [0.3, 0.4) is 0 Å². The zero-order valence-corrected chi connectivity index (χ0v) is 11.9. The van der Waals surface area contributed by atoms with E-state index in [2.05, 4.69) is 0 Å². The summed E-state index contributed by atoms with van der Waals surface area (Å²) in [6.07, 6.45) is 0. The molecule has 4 nitrogen and oxygen atoms in total. The average Bonchev–Trinajstić information content (AvgIpc) is 2.44. The molecule has 0 saturated heterocycles. The molecule has 0 radical (unpaired) electrons. The first kappa shape index (κ1) is 15.4. The molecular weight excluding hydrogens is 300 g/mol. The Bertz CT molecular complexity index is 759. The number of anilines is 1. The lowest BCUT2D eigenvalue weighted by Crippen LogP contribution is -2.16. The van der Waals surface area contributed by atoms with Gasteiger partial charge in [0.2, 0.25) is 0 Å². The Hall–Kier alpha value is -1.99. The maximum Gasteiger partial charge on any atom is 0.261 e. The lowest BCUT2D eigenvalue weighted by atomic mass is 10.2. The van der Waals surface area contributed by atoms with Crippen LogP contribution < -0.4 is 4.72 Å². The van der Waals surface area contributed by atoms with Gasteiger partial charge < -0.3 is 5.11 Å². The Morgan fingerprint density at radius 2 is 1.71 bits per heavy atom. The number of aliphatic hydroxyl groups excluding tert-OH is 1. The van der Waals surface area contributed by atoms with Gasteiger partial charge in [0.05, 0.1) is 17.2 Å². The Kier molecular flexibility index (Phi) is 4.24. The van der Waals surface area contributed by atoms with Crippen LogP contribution in [0.5, 0.6) is 0 Å². The molecule has 2 aromatic carbocycles. The van der Waals surface area contributed by atoms with Crippen molar-refractivity contribution in [3.05, 3.63) is 59.2 Å². The van der Waals surface area contributed by atoms with E-state index in [-0.39, 0.29) is 10.5 Å². The topological polar surface area (TPSA) is 66.4 Å². The zero-order chi connectivity index (χ0) is 15.6. The largest absolute Gasteiger partial charge is 0.392 e. The molecule has 7 heteroatoms. The highest BCUT2D eigenvalue weighted by Crippen LogP contribution is 2.25. The maximum atomic E-state index is 13.7. The number of aliphatic hydroxyl groups is 1. The molecule has 21 heavy (non-hydrogen) atoms. The molecule has 0 aliphatic heterocycles. The number of halogens is 2. The molecule has 0 heterocycles. The van der Waals surface area contributed by atoms with E-state index in [0.29, 0.717) is 0 Å². The molecule has 0 atom stereocenters. The lowest BCUT2D eigenvalue weighted by Gasteiger charge is -2.13. The monoisotopic (exact) mass is 313 g/mol. The minimum Gasteiger partial charge on any atom is -0.392 e. The Balaban J connectivity index is 2.46. The van der Waals surface area contributed by atoms with Gasteiger partial charge in [-0.25, -0.2) is 17.2 Å². The summed E-state index contributed by atoms with van der Waals surface area (Å²) in [4.78, 5) is -0.0827. The molecule has 0 aliphatic carbocycles. The van der Waals surface area contributed by atoms with Crippen molar-refractivity contribution >= 4 is 15.7 Å². The fourth-order valence-corrected chi connectivity index (χ4v) is 2.85. The molecular formula is C14H13F2NO3S. The summed E-state index contributed by atoms with van der Waals surface area (Å²) in [7, 11) is -4.07. The van der Waals surface area contributed by atoms with Crippen LogP contribution in [0.25, 0.3) is 0 Å². The second-order valence-corrected chi connectivity index (χ2v) is 6.15. The fourth-order valence-electron chi connectivity index (χ4n) is 1.74. The number of nitrogens with one attached hydrogen (secondary N) is 1. The number of hydrogen-bond donors (Lipinski definition) is 2. The molecule has 0 bridgehead atoms. The lowest BCUT2D eigenvalue weighted by molar-refractivity contribution is 0.281. The second kappa shape index (κ2) is 5.79. The highest BCUT2D eigenvalue weighted by molar-refractivity contribution is 7.92. The van der Waals surface area contributed by atoms with Gasteiger partial charge in [0.15, 0.2) is 11.6 Å². The molecule has 0 spiro atoms. The van der Waals surface area contributed by atoms with Crippen LogP contribution in [0.4, 0.5) is 14.5 Å². The first-order valence-corrected chi connectivity index (χ1v) is 7.50. The summed E-state index contributed by atoms with van der Waals surface area (Å²) in [5.41, 5.74) is 0.226. The molecule has 112 valence electrons. The molecule has 0 aromatic heterocycles. The van der Waals surface area contributed by atoms with E-state index in [4.69, 9.17) is 5.11 Å². The molecule has 0 aliphatic rings. The van der Waals surface area contributed by atoms with E-state index < -0.39 is 34.0 Å². The van der Waals surface area contributed by atoms with E-state index in [1.807, 2.05) is 4.72 Å². The Morgan fingerprint density at radius 3 is 2.29 bits per heavy atom. The summed E-state index contributed by atoms with van der Waals surface area (Å²) >= 11 is 0. The Morgan fingerprint density at radius 1 is 1.10 bits per heavy atom. The van der Waals surface area contributed by atoms with Crippen molar-refractivity contribution in [2.45, 2.75) is 18.4 Å². The normalized spacial score (nSPS) is 11.4. The number of hydrogen-bond acceptors (Lipinski definition) is 3. The van der Waals surface area contributed by atoms with Gasteiger partial charge in [0.1, 0.15) is 0 Å². The minimum absolute atomic E-state index is 0.0513. The standard InChI is InChI=1S/C14H13F2NO3S/c1-9-2-5-11(6-3-9)21(19,20)17-14-10(8-18)4-7-12(15)13(14)16/h2-7,17-18H,8H2,1H3. The van der Waals surface area contributed by atoms with E-state index in [1.165, 1.54) is 12.1 Å². The fraction of sp³-hybridized carbons (Fsp3) is 0.143. The average molecular weight is 313 g/mol. The van der Waals surface area contributed by atoms with Gasteiger partial charge in [-0.05, 0) is 25.1 Å². The van der Waals surface area contributed by atoms with Crippen LogP contribution in [-0.2, 0) is 16.6 Å². The van der Waals surface area contributed by atoms with Gasteiger partial charge in [0.25, 0.3) is 10.0 Å². The van der Waals surface area contributed by atoms with Crippen LogP contribution in [0.1, 0.15) is 11.1 Å². The third-order valence-corrected chi connectivity index (χ3v) is 4.28. The molecule has 0 amide bonds. The van der Waals surface area contributed by atoms with Crippen molar-refractivity contribution < 1.29 is 22.3 Å². The van der Waals surface area contributed by atoms with Gasteiger partial charge in [-0.15, -0.1) is 0 Å². The van der Waals surface area contributed by atoms with Gasteiger partial charge >= 0.3 is 0 Å². The summed E-state index contributed by atoms with van der Waals surface area (Å²) in [6.45, 7) is 1.17. The van der Waals surface area contributed by atoms with Crippen molar-refractivity contribution in [1.82, 2.24) is 0 Å². The van der Waals surface area contributed by atoms with Crippen molar-refractivity contribution in [2.75, 3.05) is 4.72 Å². The van der Waals surface area contributed by atoms with Crippen molar-refractivity contribution in [3.8, 4) is 0 Å². The van der Waals surface area contributed by atoms with Crippen LogP contribution in [0.2, 0.25) is 0 Å². The maximum absolute atomic E-state index is 13.7. The van der Waals surface area contributed by atoms with Crippen molar-refractivity contribution in [1.29, 1.82) is 0 Å². The molecule has 2 aromatic rings. The van der Waals surface area contributed by atoms with Crippen molar-refractivity contribution in [3.63, 3.8) is 0 Å². The molecule has 0 saturated carbocycles. The quantitative estimate of drug-likeness (QED) is 0.911. The first-order chi connectivity index (χ1) is 9.85. The molecule has 2 rings (SSSR count). The highest BCUT2D eigenvalue weighted by Gasteiger charge is 2.20. The number of benzene rings is 2. The van der Waals surface area contributed by atoms with Crippen LogP contribution in [-0.4, -0.2) is 13.5 Å². The molecule has 0 unspecified atom stereocenters. The van der Waals surface area contributed by atoms with E-state index in [9.17, 15) is 17.2 Å². The predicted octanol–water partition coefficient (Wildman–Crippen LogP) is 2.57. The highest BCUT2D eigenvalue weighted by atomic mass is 32.2. The first-order valence-electron chi connectivity index (χ1n) is 6.02. The van der Waals surface area contributed by atoms with E-state index >= 15 is 0 Å². The molecule has 0 fully saturated rings. The van der Waals surface area contributed by atoms with Crippen molar-refractivity contribution in [2.24, 2.45) is 0 Å². The van der Waals surface area contributed by atoms with Crippen LogP contribution >= 0.6 is 0 Å². The van der Waals surface area contributed by atoms with Crippen LogP contribution in [0.15, 0.2) is 41.3 Å². The third-order valence-electron chi connectivity index (χ3n) is 2.92. The smallest absolute Gasteiger partial charge is 0.261 e. The third kappa shape index (κ3) is 3.20. The van der Waals surface area contributed by atoms with E-state index in [1.54, 1.807) is 19.1 Å². The SMILES string of the molecule is Cc1ccc(S(=O)(=O)Nc2c(CO)ccc(F)c2F)cc1. The second-order valence-electron chi connectivity index (χ2n) is 4.47. The number of aryl methyl sites for hydroxylation is 1. The summed E-state index contributed by atoms with van der Waals surface area (Å²) in [6, 6.07) is 7.82. The number of sulfonamides is 1. The van der Waals surface area contributed by atoms with Gasteiger partial charge in [0, 0.05) is 5.56 Å². The summed E-state index contributed by atoms with van der Waals surface area (Å²) in [5, 5.41) is 9.11. The summed E-state index contributed by atoms with van der Waals surface area (Å²) < 4.78 is 53.3.